The van der Waals surface area contributed by atoms with Crippen molar-refractivity contribution in [1.29, 1.82) is 0 Å². The molecule has 1 atom stereocenters. The van der Waals surface area contributed by atoms with Gasteiger partial charge in [-0.2, -0.15) is 0 Å². The number of halogens is 1. The summed E-state index contributed by atoms with van der Waals surface area (Å²) < 4.78 is 2.80. The van der Waals surface area contributed by atoms with Gasteiger partial charge < -0.3 is 14.8 Å². The van der Waals surface area contributed by atoms with Gasteiger partial charge in [0.1, 0.15) is 11.5 Å². The molecule has 4 rings (SSSR count). The summed E-state index contributed by atoms with van der Waals surface area (Å²) in [7, 11) is 1.86. The topological polar surface area (TPSA) is 63.1 Å². The number of aromatic nitrogens is 3. The molecule has 2 aromatic heterocycles. The van der Waals surface area contributed by atoms with Gasteiger partial charge in [0.05, 0.1) is 11.8 Å². The third-order valence-corrected chi connectivity index (χ3v) is 5.15. The van der Waals surface area contributed by atoms with E-state index < -0.39 is 0 Å². The van der Waals surface area contributed by atoms with Crippen molar-refractivity contribution in [2.75, 3.05) is 18.0 Å². The fourth-order valence-electron chi connectivity index (χ4n) is 3.35. The molecule has 0 aliphatic carbocycles. The first kappa shape index (κ1) is 17.0. The van der Waals surface area contributed by atoms with Crippen molar-refractivity contribution in [3.05, 3.63) is 53.0 Å². The van der Waals surface area contributed by atoms with Crippen molar-refractivity contribution in [1.82, 2.24) is 19.9 Å². The Bertz CT molecular complexity index is 954. The zero-order valence-corrected chi connectivity index (χ0v) is 16.1. The summed E-state index contributed by atoms with van der Waals surface area (Å²) in [4.78, 5) is 23.5. The van der Waals surface area contributed by atoms with Gasteiger partial charge in [-0.3, -0.25) is 4.79 Å². The van der Waals surface area contributed by atoms with Crippen LogP contribution in [0.3, 0.4) is 0 Å². The summed E-state index contributed by atoms with van der Waals surface area (Å²) in [5.74, 6) is 0.834. The van der Waals surface area contributed by atoms with E-state index in [1.54, 1.807) is 17.1 Å². The van der Waals surface area contributed by atoms with Gasteiger partial charge in [0.2, 0.25) is 0 Å². The quantitative estimate of drug-likeness (QED) is 0.716. The van der Waals surface area contributed by atoms with Crippen molar-refractivity contribution in [3.8, 4) is 0 Å². The molecule has 0 saturated carbocycles. The van der Waals surface area contributed by atoms with Crippen LogP contribution in [0, 0.1) is 0 Å². The molecule has 6 nitrogen and oxygen atoms in total. The first-order valence-electron chi connectivity index (χ1n) is 8.68. The molecular weight excluding hydrogens is 394 g/mol. The minimum absolute atomic E-state index is 0.0956. The Morgan fingerprint density at radius 3 is 2.96 bits per heavy atom. The number of benzene rings is 1. The van der Waals surface area contributed by atoms with Crippen molar-refractivity contribution >= 4 is 38.6 Å². The number of rotatable bonds is 3. The third-order valence-electron chi connectivity index (χ3n) is 4.66. The molecule has 3 aromatic rings. The molecule has 26 heavy (non-hydrogen) atoms. The highest BCUT2D eigenvalue weighted by molar-refractivity contribution is 9.10. The summed E-state index contributed by atoms with van der Waals surface area (Å²) in [6.07, 6.45) is 5.36. The second-order valence-electron chi connectivity index (χ2n) is 6.69. The Labute approximate surface area is 160 Å². The largest absolute Gasteiger partial charge is 0.355 e. The molecular formula is C19H20BrN5O. The van der Waals surface area contributed by atoms with Crippen molar-refractivity contribution in [2.45, 2.75) is 18.9 Å². The van der Waals surface area contributed by atoms with Crippen LogP contribution in [-0.4, -0.2) is 39.6 Å². The number of piperidine rings is 1. The van der Waals surface area contributed by atoms with Crippen LogP contribution in [0.5, 0.6) is 0 Å². The fourth-order valence-corrected chi connectivity index (χ4v) is 3.70. The number of carbonyl (C=O) groups excluding carboxylic acids is 1. The maximum Gasteiger partial charge on any atom is 0.271 e. The summed E-state index contributed by atoms with van der Waals surface area (Å²) >= 11 is 3.50. The van der Waals surface area contributed by atoms with E-state index in [2.05, 4.69) is 49.3 Å². The lowest BCUT2D eigenvalue weighted by molar-refractivity contribution is 0.0928. The summed E-state index contributed by atoms with van der Waals surface area (Å²) in [5, 5.41) is 4.22. The molecule has 3 heterocycles. The van der Waals surface area contributed by atoms with Crippen LogP contribution in [0.4, 0.5) is 5.82 Å². The van der Waals surface area contributed by atoms with Gasteiger partial charge in [0, 0.05) is 42.2 Å². The number of nitrogens with one attached hydrogen (secondary N) is 1. The van der Waals surface area contributed by atoms with Crippen LogP contribution >= 0.6 is 15.9 Å². The molecule has 1 aliphatic heterocycles. The van der Waals surface area contributed by atoms with E-state index in [0.29, 0.717) is 5.69 Å². The lowest BCUT2D eigenvalue weighted by Crippen LogP contribution is -2.48. The molecule has 1 aromatic carbocycles. The van der Waals surface area contributed by atoms with Gasteiger partial charge in [-0.1, -0.05) is 22.0 Å². The second-order valence-corrected chi connectivity index (χ2v) is 7.61. The van der Waals surface area contributed by atoms with Gasteiger partial charge in [0.15, 0.2) is 0 Å². The van der Waals surface area contributed by atoms with E-state index in [0.717, 1.165) is 47.1 Å². The summed E-state index contributed by atoms with van der Waals surface area (Å²) in [6.45, 7) is 1.70. The highest BCUT2D eigenvalue weighted by Crippen LogP contribution is 2.24. The van der Waals surface area contributed by atoms with Crippen molar-refractivity contribution in [3.63, 3.8) is 0 Å². The summed E-state index contributed by atoms with van der Waals surface area (Å²) in [6, 6.07) is 10.4. The van der Waals surface area contributed by atoms with E-state index in [1.807, 2.05) is 19.2 Å². The minimum atomic E-state index is -0.118. The number of aryl methyl sites for hydroxylation is 1. The number of pyridine rings is 1. The van der Waals surface area contributed by atoms with Gasteiger partial charge >= 0.3 is 0 Å². The van der Waals surface area contributed by atoms with Crippen LogP contribution in [0.2, 0.25) is 0 Å². The number of amides is 1. The lowest BCUT2D eigenvalue weighted by Gasteiger charge is -2.34. The molecule has 1 aliphatic rings. The number of nitrogens with zero attached hydrogens (tertiary/aromatic N) is 4. The SMILES string of the molecule is Cn1cnc(C(=O)NC2CCCN(c3ccc4ccc(Br)cc4n3)C2)c1. The normalized spacial score (nSPS) is 17.5. The first-order valence-corrected chi connectivity index (χ1v) is 9.48. The third kappa shape index (κ3) is 3.58. The van der Waals surface area contributed by atoms with Crippen LogP contribution in [0.15, 0.2) is 47.3 Å². The number of imidazole rings is 1. The highest BCUT2D eigenvalue weighted by atomic mass is 79.9. The second kappa shape index (κ2) is 7.07. The van der Waals surface area contributed by atoms with Crippen LogP contribution in [0.25, 0.3) is 10.9 Å². The van der Waals surface area contributed by atoms with E-state index in [-0.39, 0.29) is 11.9 Å². The molecule has 1 saturated heterocycles. The lowest BCUT2D eigenvalue weighted by atomic mass is 10.1. The predicted molar refractivity (Wildman–Crippen MR) is 105 cm³/mol. The van der Waals surface area contributed by atoms with Crippen LogP contribution in [0.1, 0.15) is 23.3 Å². The molecule has 1 amide bonds. The van der Waals surface area contributed by atoms with Crippen LogP contribution < -0.4 is 10.2 Å². The number of hydrogen-bond donors (Lipinski definition) is 1. The van der Waals surface area contributed by atoms with E-state index in [1.165, 1.54) is 0 Å². The molecule has 1 fully saturated rings. The van der Waals surface area contributed by atoms with E-state index in [9.17, 15) is 4.79 Å². The molecule has 1 N–H and O–H groups in total. The molecule has 0 radical (unpaired) electrons. The molecule has 1 unspecified atom stereocenters. The van der Waals surface area contributed by atoms with Gasteiger partial charge in [-0.05, 0) is 37.1 Å². The molecule has 0 spiro atoms. The highest BCUT2D eigenvalue weighted by Gasteiger charge is 2.23. The number of fused-ring (bicyclic) bond motifs is 1. The van der Waals surface area contributed by atoms with Gasteiger partial charge in [-0.25, -0.2) is 9.97 Å². The Balaban J connectivity index is 1.48. The van der Waals surface area contributed by atoms with Crippen LogP contribution in [-0.2, 0) is 7.05 Å². The Morgan fingerprint density at radius 2 is 2.15 bits per heavy atom. The number of hydrogen-bond acceptors (Lipinski definition) is 4. The smallest absolute Gasteiger partial charge is 0.271 e. The average molecular weight is 414 g/mol. The van der Waals surface area contributed by atoms with Gasteiger partial charge in [0.25, 0.3) is 5.91 Å². The molecule has 0 bridgehead atoms. The zero-order chi connectivity index (χ0) is 18.1. The number of carbonyl (C=O) groups is 1. The van der Waals surface area contributed by atoms with Crippen molar-refractivity contribution < 1.29 is 4.79 Å². The molecule has 7 heteroatoms. The first-order chi connectivity index (χ1) is 12.6. The van der Waals surface area contributed by atoms with E-state index in [4.69, 9.17) is 4.98 Å². The Kier molecular flexibility index (Phi) is 4.63. The van der Waals surface area contributed by atoms with E-state index >= 15 is 0 Å². The molecule has 134 valence electrons. The zero-order valence-electron chi connectivity index (χ0n) is 14.5. The standard InChI is InChI=1S/C19H20BrN5O/c1-24-11-17(21-12-24)19(26)22-15-3-2-8-25(10-15)18-7-5-13-4-6-14(20)9-16(13)23-18/h4-7,9,11-12,15H,2-3,8,10H2,1H3,(H,22,26). The monoisotopic (exact) mass is 413 g/mol. The Morgan fingerprint density at radius 1 is 1.31 bits per heavy atom. The minimum Gasteiger partial charge on any atom is -0.355 e. The maximum atomic E-state index is 12.4. The number of anilines is 1. The maximum absolute atomic E-state index is 12.4. The fraction of sp³-hybridized carbons (Fsp3) is 0.316. The summed E-state index contributed by atoms with van der Waals surface area (Å²) in [5.41, 5.74) is 1.43. The predicted octanol–water partition coefficient (Wildman–Crippen LogP) is 3.13. The van der Waals surface area contributed by atoms with Gasteiger partial charge in [-0.15, -0.1) is 0 Å². The van der Waals surface area contributed by atoms with Crippen molar-refractivity contribution in [2.24, 2.45) is 7.05 Å². The average Bonchev–Trinajstić information content (AvgIpc) is 3.08. The Hall–Kier alpha value is -2.41.